The molecule has 19 heavy (non-hydrogen) atoms. The summed E-state index contributed by atoms with van der Waals surface area (Å²) >= 11 is 0. The molecular formula is C13H14F2N4. The quantitative estimate of drug-likeness (QED) is 0.890. The summed E-state index contributed by atoms with van der Waals surface area (Å²) in [6.45, 7) is 2.04. The number of aryl methyl sites for hydroxylation is 1. The maximum atomic E-state index is 13.4. The van der Waals surface area contributed by atoms with Crippen LogP contribution in [0.15, 0.2) is 24.3 Å². The van der Waals surface area contributed by atoms with Crippen LogP contribution in [-0.4, -0.2) is 9.97 Å². The molecule has 2 aromatic rings. The van der Waals surface area contributed by atoms with E-state index in [-0.39, 0.29) is 12.1 Å². The summed E-state index contributed by atoms with van der Waals surface area (Å²) in [7, 11) is 0. The van der Waals surface area contributed by atoms with Crippen LogP contribution < -0.4 is 11.1 Å². The lowest BCUT2D eigenvalue weighted by Gasteiger charge is -2.08. The van der Waals surface area contributed by atoms with Gasteiger partial charge in [0.25, 0.3) is 0 Å². The van der Waals surface area contributed by atoms with E-state index in [1.54, 1.807) is 6.07 Å². The van der Waals surface area contributed by atoms with E-state index in [0.717, 1.165) is 18.2 Å². The van der Waals surface area contributed by atoms with Gasteiger partial charge in [-0.1, -0.05) is 6.92 Å². The SMILES string of the molecule is CCc1nc(N)cc(NCc2cc(F)ccc2F)n1. The summed E-state index contributed by atoms with van der Waals surface area (Å²) in [5.41, 5.74) is 5.86. The minimum Gasteiger partial charge on any atom is -0.384 e. The number of nitrogens with zero attached hydrogens (tertiary/aromatic N) is 2. The van der Waals surface area contributed by atoms with Crippen molar-refractivity contribution >= 4 is 11.6 Å². The second kappa shape index (κ2) is 5.60. The summed E-state index contributed by atoms with van der Waals surface area (Å²) < 4.78 is 26.4. The van der Waals surface area contributed by atoms with Crippen LogP contribution in [-0.2, 0) is 13.0 Å². The Morgan fingerprint density at radius 1 is 1.21 bits per heavy atom. The van der Waals surface area contributed by atoms with Crippen molar-refractivity contribution in [2.24, 2.45) is 0 Å². The maximum Gasteiger partial charge on any atom is 0.132 e. The zero-order valence-electron chi connectivity index (χ0n) is 10.5. The van der Waals surface area contributed by atoms with Gasteiger partial charge in [0.15, 0.2) is 0 Å². The van der Waals surface area contributed by atoms with Gasteiger partial charge in [-0.05, 0) is 18.2 Å². The Bertz CT molecular complexity index is 587. The van der Waals surface area contributed by atoms with Crippen LogP contribution in [0.4, 0.5) is 20.4 Å². The van der Waals surface area contributed by atoms with Crippen LogP contribution in [0, 0.1) is 11.6 Å². The van der Waals surface area contributed by atoms with Gasteiger partial charge in [-0.3, -0.25) is 0 Å². The second-order valence-corrected chi connectivity index (χ2v) is 4.04. The highest BCUT2D eigenvalue weighted by Gasteiger charge is 2.05. The minimum absolute atomic E-state index is 0.128. The Labute approximate surface area is 109 Å². The molecule has 6 heteroatoms. The van der Waals surface area contributed by atoms with Crippen molar-refractivity contribution in [1.82, 2.24) is 9.97 Å². The lowest BCUT2D eigenvalue weighted by Crippen LogP contribution is -2.07. The number of aromatic nitrogens is 2. The molecule has 0 atom stereocenters. The molecule has 0 amide bonds. The van der Waals surface area contributed by atoms with E-state index in [1.165, 1.54) is 0 Å². The first kappa shape index (κ1) is 13.2. The zero-order valence-corrected chi connectivity index (χ0v) is 10.5. The molecule has 100 valence electrons. The van der Waals surface area contributed by atoms with Crippen molar-refractivity contribution in [2.45, 2.75) is 19.9 Å². The normalized spacial score (nSPS) is 10.5. The van der Waals surface area contributed by atoms with Gasteiger partial charge >= 0.3 is 0 Å². The van der Waals surface area contributed by atoms with E-state index >= 15 is 0 Å². The summed E-state index contributed by atoms with van der Waals surface area (Å²) in [6.07, 6.45) is 0.647. The molecule has 0 aliphatic carbocycles. The van der Waals surface area contributed by atoms with Crippen molar-refractivity contribution in [3.05, 3.63) is 47.3 Å². The lowest BCUT2D eigenvalue weighted by molar-refractivity contribution is 0.587. The molecular weight excluding hydrogens is 250 g/mol. The van der Waals surface area contributed by atoms with Gasteiger partial charge in [-0.25, -0.2) is 18.7 Å². The van der Waals surface area contributed by atoms with E-state index in [9.17, 15) is 8.78 Å². The molecule has 1 heterocycles. The summed E-state index contributed by atoms with van der Waals surface area (Å²) in [5, 5.41) is 2.91. The molecule has 4 nitrogen and oxygen atoms in total. The summed E-state index contributed by atoms with van der Waals surface area (Å²) in [4.78, 5) is 8.23. The average Bonchev–Trinajstić information content (AvgIpc) is 2.39. The third-order valence-electron chi connectivity index (χ3n) is 2.58. The van der Waals surface area contributed by atoms with Gasteiger partial charge in [-0.15, -0.1) is 0 Å². The number of hydrogen-bond donors (Lipinski definition) is 2. The fraction of sp³-hybridized carbons (Fsp3) is 0.231. The molecule has 0 saturated carbocycles. The largest absolute Gasteiger partial charge is 0.384 e. The van der Waals surface area contributed by atoms with Crippen molar-refractivity contribution in [3.63, 3.8) is 0 Å². The highest BCUT2D eigenvalue weighted by molar-refractivity contribution is 5.45. The Hall–Kier alpha value is -2.24. The van der Waals surface area contributed by atoms with Gasteiger partial charge in [0.1, 0.15) is 29.1 Å². The third kappa shape index (κ3) is 3.37. The van der Waals surface area contributed by atoms with Gasteiger partial charge in [0, 0.05) is 24.6 Å². The maximum absolute atomic E-state index is 13.4. The molecule has 0 radical (unpaired) electrons. The van der Waals surface area contributed by atoms with Crippen molar-refractivity contribution in [3.8, 4) is 0 Å². The number of rotatable bonds is 4. The Morgan fingerprint density at radius 3 is 2.74 bits per heavy atom. The molecule has 0 spiro atoms. The van der Waals surface area contributed by atoms with Crippen LogP contribution in [0.5, 0.6) is 0 Å². The van der Waals surface area contributed by atoms with Gasteiger partial charge < -0.3 is 11.1 Å². The first-order chi connectivity index (χ1) is 9.08. The number of nitrogen functional groups attached to an aromatic ring is 1. The average molecular weight is 264 g/mol. The number of benzene rings is 1. The third-order valence-corrected chi connectivity index (χ3v) is 2.58. The predicted molar refractivity (Wildman–Crippen MR) is 69.5 cm³/mol. The van der Waals surface area contributed by atoms with E-state index in [0.29, 0.717) is 23.9 Å². The molecule has 1 aromatic heterocycles. The minimum atomic E-state index is -0.477. The van der Waals surface area contributed by atoms with Crippen LogP contribution in [0.2, 0.25) is 0 Å². The van der Waals surface area contributed by atoms with E-state index in [2.05, 4.69) is 15.3 Å². The molecule has 0 bridgehead atoms. The van der Waals surface area contributed by atoms with Crippen molar-refractivity contribution in [1.29, 1.82) is 0 Å². The predicted octanol–water partition coefficient (Wildman–Crippen LogP) is 2.51. The number of nitrogens with two attached hydrogens (primary N) is 1. The molecule has 3 N–H and O–H groups in total. The highest BCUT2D eigenvalue weighted by Crippen LogP contribution is 2.13. The number of nitrogens with one attached hydrogen (secondary N) is 1. The lowest BCUT2D eigenvalue weighted by atomic mass is 10.2. The highest BCUT2D eigenvalue weighted by atomic mass is 19.1. The molecule has 0 saturated heterocycles. The summed E-state index contributed by atoms with van der Waals surface area (Å²) in [5.74, 6) is 0.491. The molecule has 0 aliphatic heterocycles. The Balaban J connectivity index is 2.14. The molecule has 0 unspecified atom stereocenters. The zero-order chi connectivity index (χ0) is 13.8. The van der Waals surface area contributed by atoms with Crippen LogP contribution in [0.1, 0.15) is 18.3 Å². The number of hydrogen-bond acceptors (Lipinski definition) is 4. The van der Waals surface area contributed by atoms with Gasteiger partial charge in [0.2, 0.25) is 0 Å². The molecule has 0 fully saturated rings. The second-order valence-electron chi connectivity index (χ2n) is 4.04. The van der Waals surface area contributed by atoms with Gasteiger partial charge in [0.05, 0.1) is 0 Å². The number of anilines is 2. The number of halogens is 2. The smallest absolute Gasteiger partial charge is 0.132 e. The van der Waals surface area contributed by atoms with E-state index < -0.39 is 11.6 Å². The van der Waals surface area contributed by atoms with E-state index in [1.807, 2.05) is 6.92 Å². The standard InChI is InChI=1S/C13H14F2N4/c1-2-12-18-11(16)6-13(19-12)17-7-8-5-9(14)3-4-10(8)15/h3-6H,2,7H2,1H3,(H3,16,17,18,19). The topological polar surface area (TPSA) is 63.8 Å². The Kier molecular flexibility index (Phi) is 3.89. The monoisotopic (exact) mass is 264 g/mol. The Morgan fingerprint density at radius 2 is 2.00 bits per heavy atom. The van der Waals surface area contributed by atoms with Gasteiger partial charge in [-0.2, -0.15) is 0 Å². The van der Waals surface area contributed by atoms with E-state index in [4.69, 9.17) is 5.73 Å². The molecule has 1 aromatic carbocycles. The van der Waals surface area contributed by atoms with Crippen LogP contribution >= 0.6 is 0 Å². The molecule has 2 rings (SSSR count). The fourth-order valence-electron chi connectivity index (χ4n) is 1.63. The first-order valence-electron chi connectivity index (χ1n) is 5.89. The van der Waals surface area contributed by atoms with Crippen LogP contribution in [0.25, 0.3) is 0 Å². The molecule has 0 aliphatic rings. The fourth-order valence-corrected chi connectivity index (χ4v) is 1.63. The van der Waals surface area contributed by atoms with Crippen molar-refractivity contribution < 1.29 is 8.78 Å². The van der Waals surface area contributed by atoms with Crippen molar-refractivity contribution in [2.75, 3.05) is 11.1 Å². The first-order valence-corrected chi connectivity index (χ1v) is 5.89. The van der Waals surface area contributed by atoms with Crippen LogP contribution in [0.3, 0.4) is 0 Å². The summed E-state index contributed by atoms with van der Waals surface area (Å²) in [6, 6.07) is 4.87.